The van der Waals surface area contributed by atoms with Gasteiger partial charge in [0.2, 0.25) is 11.7 Å². The van der Waals surface area contributed by atoms with Gasteiger partial charge < -0.3 is 4.74 Å². The van der Waals surface area contributed by atoms with Crippen LogP contribution in [0, 0.1) is 11.6 Å². The first-order valence-electron chi connectivity index (χ1n) is 4.95. The number of alkyl halides is 1. The fourth-order valence-electron chi connectivity index (χ4n) is 1.29. The molecule has 0 aliphatic carbocycles. The lowest BCUT2D eigenvalue weighted by atomic mass is 10.3. The van der Waals surface area contributed by atoms with Crippen LogP contribution in [-0.2, 0) is 5.88 Å². The summed E-state index contributed by atoms with van der Waals surface area (Å²) in [7, 11) is 0. The number of aromatic nitrogens is 1. The highest BCUT2D eigenvalue weighted by atomic mass is 35.5. The fourth-order valence-corrected chi connectivity index (χ4v) is 1.73. The van der Waals surface area contributed by atoms with Gasteiger partial charge in [-0.3, -0.25) is 0 Å². The number of halogens is 4. The summed E-state index contributed by atoms with van der Waals surface area (Å²) in [6, 6.07) is 6.62. The van der Waals surface area contributed by atoms with Gasteiger partial charge in [-0.25, -0.2) is 9.37 Å². The van der Waals surface area contributed by atoms with Crippen LogP contribution in [-0.4, -0.2) is 4.98 Å². The Labute approximate surface area is 112 Å². The number of hydrogen-bond acceptors (Lipinski definition) is 2. The van der Waals surface area contributed by atoms with Crippen molar-refractivity contribution in [1.82, 2.24) is 4.98 Å². The lowest BCUT2D eigenvalue weighted by Gasteiger charge is -2.07. The Balaban J connectivity index is 2.31. The van der Waals surface area contributed by atoms with Crippen LogP contribution in [0.5, 0.6) is 11.6 Å². The summed E-state index contributed by atoms with van der Waals surface area (Å²) in [6.07, 6.45) is 0. The zero-order valence-corrected chi connectivity index (χ0v) is 10.5. The van der Waals surface area contributed by atoms with Crippen molar-refractivity contribution in [1.29, 1.82) is 0 Å². The zero-order valence-electron chi connectivity index (χ0n) is 8.96. The van der Waals surface area contributed by atoms with Gasteiger partial charge in [0.25, 0.3) is 0 Å². The van der Waals surface area contributed by atoms with Gasteiger partial charge in [0, 0.05) is 6.07 Å². The van der Waals surface area contributed by atoms with Crippen molar-refractivity contribution in [2.75, 3.05) is 0 Å². The Hall–Kier alpha value is -1.39. The molecule has 94 valence electrons. The molecule has 18 heavy (non-hydrogen) atoms. The number of pyridine rings is 1. The highest BCUT2D eigenvalue weighted by Gasteiger charge is 2.11. The molecule has 0 spiro atoms. The monoisotopic (exact) mass is 289 g/mol. The summed E-state index contributed by atoms with van der Waals surface area (Å²) in [5, 5.41) is 0.386. The van der Waals surface area contributed by atoms with Crippen molar-refractivity contribution in [3.05, 3.63) is 52.7 Å². The third-order valence-corrected chi connectivity index (χ3v) is 2.75. The van der Waals surface area contributed by atoms with E-state index in [1.165, 1.54) is 24.3 Å². The quantitative estimate of drug-likeness (QED) is 0.774. The molecule has 2 aromatic rings. The standard InChI is InChI=1S/C12H7Cl2F2NO/c13-6-9-7(14)4-5-11(17-9)18-10-3-1-2-8(15)12(10)16/h1-5H,6H2. The highest BCUT2D eigenvalue weighted by Crippen LogP contribution is 2.26. The summed E-state index contributed by atoms with van der Waals surface area (Å²) in [6.45, 7) is 0. The molecule has 1 heterocycles. The number of hydrogen-bond donors (Lipinski definition) is 0. The maximum Gasteiger partial charge on any atom is 0.219 e. The Bertz CT molecular complexity index is 578. The van der Waals surface area contributed by atoms with Gasteiger partial charge in [0.1, 0.15) is 0 Å². The number of benzene rings is 1. The molecule has 0 saturated carbocycles. The van der Waals surface area contributed by atoms with Gasteiger partial charge in [0.05, 0.1) is 16.6 Å². The van der Waals surface area contributed by atoms with Crippen LogP contribution in [0.2, 0.25) is 5.02 Å². The van der Waals surface area contributed by atoms with Gasteiger partial charge >= 0.3 is 0 Å². The molecule has 0 aliphatic rings. The molecule has 2 rings (SSSR count). The van der Waals surface area contributed by atoms with E-state index in [0.29, 0.717) is 10.7 Å². The van der Waals surface area contributed by atoms with E-state index in [-0.39, 0.29) is 17.5 Å². The Kier molecular flexibility index (Phi) is 3.99. The van der Waals surface area contributed by atoms with E-state index in [4.69, 9.17) is 27.9 Å². The molecule has 1 aromatic heterocycles. The van der Waals surface area contributed by atoms with Crippen LogP contribution in [0.3, 0.4) is 0 Å². The molecular formula is C12H7Cl2F2NO. The molecule has 6 heteroatoms. The number of nitrogens with zero attached hydrogens (tertiary/aromatic N) is 1. The molecule has 0 bridgehead atoms. The summed E-state index contributed by atoms with van der Waals surface area (Å²) >= 11 is 11.4. The van der Waals surface area contributed by atoms with Gasteiger partial charge in [-0.1, -0.05) is 17.7 Å². The summed E-state index contributed by atoms with van der Waals surface area (Å²) < 4.78 is 31.5. The number of ether oxygens (including phenoxy) is 1. The Morgan fingerprint density at radius 2 is 1.94 bits per heavy atom. The fraction of sp³-hybridized carbons (Fsp3) is 0.0833. The molecule has 0 aliphatic heterocycles. The van der Waals surface area contributed by atoms with E-state index in [1.54, 1.807) is 0 Å². The minimum atomic E-state index is -1.07. The molecule has 0 unspecified atom stereocenters. The van der Waals surface area contributed by atoms with E-state index in [1.807, 2.05) is 0 Å². The first-order chi connectivity index (χ1) is 8.61. The van der Waals surface area contributed by atoms with Crippen LogP contribution in [0.15, 0.2) is 30.3 Å². The predicted octanol–water partition coefficient (Wildman–Crippen LogP) is 4.54. The normalized spacial score (nSPS) is 10.4. The topological polar surface area (TPSA) is 22.1 Å². The van der Waals surface area contributed by atoms with Gasteiger partial charge in [0.15, 0.2) is 11.6 Å². The lowest BCUT2D eigenvalue weighted by Crippen LogP contribution is -1.95. The maximum atomic E-state index is 13.4. The average Bonchev–Trinajstić information content (AvgIpc) is 2.37. The zero-order chi connectivity index (χ0) is 13.1. The van der Waals surface area contributed by atoms with Crippen LogP contribution in [0.4, 0.5) is 8.78 Å². The predicted molar refractivity (Wildman–Crippen MR) is 65.2 cm³/mol. The van der Waals surface area contributed by atoms with E-state index < -0.39 is 11.6 Å². The first-order valence-corrected chi connectivity index (χ1v) is 5.86. The molecule has 0 N–H and O–H groups in total. The molecule has 0 amide bonds. The third-order valence-electron chi connectivity index (χ3n) is 2.15. The number of rotatable bonds is 3. The SMILES string of the molecule is Fc1cccc(Oc2ccc(Cl)c(CCl)n2)c1F. The maximum absolute atomic E-state index is 13.4. The first kappa shape index (κ1) is 13.1. The second-order valence-corrected chi connectivity index (χ2v) is 4.04. The third kappa shape index (κ3) is 2.71. The Morgan fingerprint density at radius 3 is 2.67 bits per heavy atom. The summed E-state index contributed by atoms with van der Waals surface area (Å²) in [5.74, 6) is -2.10. The molecule has 0 radical (unpaired) electrons. The van der Waals surface area contributed by atoms with Crippen molar-refractivity contribution in [3.8, 4) is 11.6 Å². The molecular weight excluding hydrogens is 283 g/mol. The van der Waals surface area contributed by atoms with Crippen LogP contribution in [0.25, 0.3) is 0 Å². The van der Waals surface area contributed by atoms with Crippen molar-refractivity contribution >= 4 is 23.2 Å². The summed E-state index contributed by atoms with van der Waals surface area (Å²) in [5.41, 5.74) is 0.410. The summed E-state index contributed by atoms with van der Waals surface area (Å²) in [4.78, 5) is 3.98. The van der Waals surface area contributed by atoms with Crippen molar-refractivity contribution < 1.29 is 13.5 Å². The smallest absolute Gasteiger partial charge is 0.219 e. The molecule has 1 aromatic carbocycles. The van der Waals surface area contributed by atoms with Gasteiger partial charge in [-0.05, 0) is 18.2 Å². The van der Waals surface area contributed by atoms with Gasteiger partial charge in [-0.2, -0.15) is 4.39 Å². The largest absolute Gasteiger partial charge is 0.436 e. The van der Waals surface area contributed by atoms with E-state index in [9.17, 15) is 8.78 Å². The Morgan fingerprint density at radius 1 is 1.17 bits per heavy atom. The molecule has 2 nitrogen and oxygen atoms in total. The molecule has 0 saturated heterocycles. The van der Waals surface area contributed by atoms with E-state index in [2.05, 4.69) is 4.98 Å². The second kappa shape index (κ2) is 5.50. The van der Waals surface area contributed by atoms with Crippen LogP contribution < -0.4 is 4.74 Å². The van der Waals surface area contributed by atoms with Crippen LogP contribution in [0.1, 0.15) is 5.69 Å². The highest BCUT2D eigenvalue weighted by molar-refractivity contribution is 6.32. The van der Waals surface area contributed by atoms with Crippen LogP contribution >= 0.6 is 23.2 Å². The second-order valence-electron chi connectivity index (χ2n) is 3.37. The van der Waals surface area contributed by atoms with Crippen molar-refractivity contribution in [2.45, 2.75) is 5.88 Å². The minimum absolute atomic E-state index is 0.0968. The average molecular weight is 290 g/mol. The van der Waals surface area contributed by atoms with Crippen molar-refractivity contribution in [3.63, 3.8) is 0 Å². The van der Waals surface area contributed by atoms with E-state index >= 15 is 0 Å². The molecule has 0 atom stereocenters. The molecule has 0 fully saturated rings. The lowest BCUT2D eigenvalue weighted by molar-refractivity contribution is 0.405. The minimum Gasteiger partial charge on any atom is -0.436 e. The van der Waals surface area contributed by atoms with Crippen molar-refractivity contribution in [2.24, 2.45) is 0 Å². The van der Waals surface area contributed by atoms with E-state index in [0.717, 1.165) is 6.07 Å². The van der Waals surface area contributed by atoms with Gasteiger partial charge in [-0.15, -0.1) is 11.6 Å².